The first-order chi connectivity index (χ1) is 19.4. The van der Waals surface area contributed by atoms with Crippen molar-refractivity contribution < 1.29 is 14.4 Å². The van der Waals surface area contributed by atoms with E-state index in [1.807, 2.05) is 44.2 Å². The van der Waals surface area contributed by atoms with Crippen molar-refractivity contribution in [3.8, 4) is 0 Å². The number of para-hydroxylation sites is 1. The maximum Gasteiger partial charge on any atom is 0.256 e. The van der Waals surface area contributed by atoms with Crippen molar-refractivity contribution in [2.75, 3.05) is 16.4 Å². The number of rotatable bonds is 8. The number of hydrogen-bond acceptors (Lipinski definition) is 6. The van der Waals surface area contributed by atoms with E-state index < -0.39 is 0 Å². The van der Waals surface area contributed by atoms with Gasteiger partial charge in [0.1, 0.15) is 0 Å². The monoisotopic (exact) mass is 572 g/mol. The minimum absolute atomic E-state index is 0.0826. The molecule has 0 spiro atoms. The van der Waals surface area contributed by atoms with Crippen LogP contribution in [0.15, 0.2) is 65.0 Å². The van der Waals surface area contributed by atoms with E-state index in [-0.39, 0.29) is 29.5 Å². The number of carbonyl (C=O) groups is 3. The lowest BCUT2D eigenvalue weighted by atomic mass is 9.95. The Morgan fingerprint density at radius 3 is 2.30 bits per heavy atom. The zero-order valence-electron chi connectivity index (χ0n) is 22.6. The minimum atomic E-state index is -0.337. The molecule has 0 atom stereocenters. The number of thioether (sulfide) groups is 1. The van der Waals surface area contributed by atoms with E-state index in [0.29, 0.717) is 16.8 Å². The first-order valence-electron chi connectivity index (χ1n) is 13.5. The Balaban J connectivity index is 1.22. The molecule has 3 aromatic carbocycles. The molecule has 0 bridgehead atoms. The summed E-state index contributed by atoms with van der Waals surface area (Å²) in [4.78, 5) is 43.4. The Morgan fingerprint density at radius 1 is 0.875 bits per heavy atom. The number of anilines is 2. The third-order valence-corrected chi connectivity index (χ3v) is 9.22. The van der Waals surface area contributed by atoms with Crippen LogP contribution in [-0.4, -0.2) is 34.5 Å². The van der Waals surface area contributed by atoms with Crippen molar-refractivity contribution in [3.63, 3.8) is 0 Å². The van der Waals surface area contributed by atoms with Gasteiger partial charge in [-0.2, -0.15) is 0 Å². The maximum absolute atomic E-state index is 13.2. The number of nitrogens with one attached hydrogen (secondary N) is 3. The molecule has 9 heteroatoms. The second-order valence-corrected chi connectivity index (χ2v) is 12.3. The van der Waals surface area contributed by atoms with Gasteiger partial charge in [-0.1, -0.05) is 61.4 Å². The minimum Gasteiger partial charge on any atom is -0.349 e. The molecule has 40 heavy (non-hydrogen) atoms. The second-order valence-electron chi connectivity index (χ2n) is 10.1. The van der Waals surface area contributed by atoms with Gasteiger partial charge in [-0.05, 0) is 68.1 Å². The van der Waals surface area contributed by atoms with Gasteiger partial charge in [0.05, 0.1) is 27.1 Å². The van der Waals surface area contributed by atoms with Crippen LogP contribution in [0, 0.1) is 13.8 Å². The highest BCUT2D eigenvalue weighted by atomic mass is 32.2. The van der Waals surface area contributed by atoms with Crippen molar-refractivity contribution in [2.45, 2.75) is 56.3 Å². The first-order valence-corrected chi connectivity index (χ1v) is 15.3. The third kappa shape index (κ3) is 6.71. The summed E-state index contributed by atoms with van der Waals surface area (Å²) in [7, 11) is 0. The Bertz CT molecular complexity index is 1540. The SMILES string of the molecule is Cc1cccc(C)c1NC(=O)CSc1nc2ccc(NC(=O)c3ccccc3C(=O)NC3CCCCC3)cc2s1. The zero-order chi connectivity index (χ0) is 28.1. The van der Waals surface area contributed by atoms with Crippen LogP contribution in [0.5, 0.6) is 0 Å². The summed E-state index contributed by atoms with van der Waals surface area (Å²) in [6, 6.07) is 18.5. The molecule has 5 rings (SSSR count). The molecule has 0 unspecified atom stereocenters. The third-order valence-electron chi connectivity index (χ3n) is 7.06. The van der Waals surface area contributed by atoms with Gasteiger partial charge in [-0.3, -0.25) is 14.4 Å². The van der Waals surface area contributed by atoms with Crippen LogP contribution >= 0.6 is 23.1 Å². The fourth-order valence-electron chi connectivity index (χ4n) is 4.95. The summed E-state index contributed by atoms with van der Waals surface area (Å²) < 4.78 is 1.68. The van der Waals surface area contributed by atoms with Crippen molar-refractivity contribution in [3.05, 3.63) is 82.9 Å². The van der Waals surface area contributed by atoms with Gasteiger partial charge >= 0.3 is 0 Å². The highest BCUT2D eigenvalue weighted by Gasteiger charge is 2.21. The Kier molecular flexibility index (Phi) is 8.81. The van der Waals surface area contributed by atoms with Crippen LogP contribution < -0.4 is 16.0 Å². The van der Waals surface area contributed by atoms with Crippen LogP contribution in [0.1, 0.15) is 63.9 Å². The molecule has 3 N–H and O–H groups in total. The van der Waals surface area contributed by atoms with Crippen LogP contribution in [0.2, 0.25) is 0 Å². The number of thiazole rings is 1. The molecule has 0 aliphatic heterocycles. The van der Waals surface area contributed by atoms with Gasteiger partial charge in [0, 0.05) is 17.4 Å². The average molecular weight is 573 g/mol. The van der Waals surface area contributed by atoms with E-state index in [9.17, 15) is 14.4 Å². The van der Waals surface area contributed by atoms with E-state index in [4.69, 9.17) is 0 Å². The van der Waals surface area contributed by atoms with E-state index in [1.54, 1.807) is 30.3 Å². The van der Waals surface area contributed by atoms with Crippen molar-refractivity contribution in [2.24, 2.45) is 0 Å². The molecule has 1 saturated carbocycles. The fourth-order valence-corrected chi connectivity index (χ4v) is 6.85. The quantitative estimate of drug-likeness (QED) is 0.198. The van der Waals surface area contributed by atoms with Crippen LogP contribution in [0.3, 0.4) is 0 Å². The molecule has 4 aromatic rings. The van der Waals surface area contributed by atoms with Gasteiger partial charge in [-0.15, -0.1) is 11.3 Å². The Morgan fingerprint density at radius 2 is 1.57 bits per heavy atom. The number of aromatic nitrogens is 1. The first kappa shape index (κ1) is 27.9. The lowest BCUT2D eigenvalue weighted by molar-refractivity contribution is -0.113. The van der Waals surface area contributed by atoms with E-state index >= 15 is 0 Å². The van der Waals surface area contributed by atoms with E-state index in [1.165, 1.54) is 29.5 Å². The average Bonchev–Trinajstić information content (AvgIpc) is 3.37. The highest BCUT2D eigenvalue weighted by molar-refractivity contribution is 8.01. The summed E-state index contributed by atoms with van der Waals surface area (Å²) in [5.41, 5.74) is 5.04. The number of aryl methyl sites for hydroxylation is 2. The summed E-state index contributed by atoms with van der Waals surface area (Å²) in [6.07, 6.45) is 5.40. The molecule has 1 heterocycles. The topological polar surface area (TPSA) is 100 Å². The number of amides is 3. The number of nitrogens with zero attached hydrogens (tertiary/aromatic N) is 1. The molecule has 0 radical (unpaired) electrons. The summed E-state index contributed by atoms with van der Waals surface area (Å²) >= 11 is 2.86. The van der Waals surface area contributed by atoms with Crippen LogP contribution in [0.4, 0.5) is 11.4 Å². The van der Waals surface area contributed by atoms with Crippen LogP contribution in [0.25, 0.3) is 10.2 Å². The zero-order valence-corrected chi connectivity index (χ0v) is 24.2. The Labute approximate surface area is 242 Å². The maximum atomic E-state index is 13.2. The van der Waals surface area contributed by atoms with Gasteiger partial charge in [0.2, 0.25) is 5.91 Å². The molecule has 1 aliphatic rings. The highest BCUT2D eigenvalue weighted by Crippen LogP contribution is 2.32. The predicted molar refractivity (Wildman–Crippen MR) is 164 cm³/mol. The standard InChI is InChI=1S/C31H32N4O3S2/c1-19-9-8-10-20(2)28(19)35-27(36)18-39-31-34-25-16-15-22(17-26(25)40-31)33-30(38)24-14-7-6-13-23(24)29(37)32-21-11-4-3-5-12-21/h6-10,13-17,21H,3-5,11-12,18H2,1-2H3,(H,32,37)(H,33,38)(H,35,36). The Hall–Kier alpha value is -3.69. The molecule has 1 aromatic heterocycles. The smallest absolute Gasteiger partial charge is 0.256 e. The number of benzene rings is 3. The molecular weight excluding hydrogens is 541 g/mol. The van der Waals surface area contributed by atoms with Gasteiger partial charge in [0.25, 0.3) is 11.8 Å². The van der Waals surface area contributed by atoms with Gasteiger partial charge < -0.3 is 16.0 Å². The molecule has 1 aliphatic carbocycles. The normalized spacial score (nSPS) is 13.7. The molecule has 7 nitrogen and oxygen atoms in total. The molecule has 206 valence electrons. The van der Waals surface area contributed by atoms with Crippen molar-refractivity contribution in [1.29, 1.82) is 0 Å². The molecule has 1 fully saturated rings. The largest absolute Gasteiger partial charge is 0.349 e. The van der Waals surface area contributed by atoms with E-state index in [2.05, 4.69) is 20.9 Å². The predicted octanol–water partition coefficient (Wildman–Crippen LogP) is 6.96. The van der Waals surface area contributed by atoms with Crippen LogP contribution in [-0.2, 0) is 4.79 Å². The fraction of sp³-hybridized carbons (Fsp3) is 0.290. The summed E-state index contributed by atoms with van der Waals surface area (Å²) in [5, 5.41) is 9.04. The molecule has 3 amide bonds. The van der Waals surface area contributed by atoms with Gasteiger partial charge in [-0.25, -0.2) is 4.98 Å². The lowest BCUT2D eigenvalue weighted by Crippen LogP contribution is -2.37. The number of fused-ring (bicyclic) bond motifs is 1. The molecular formula is C31H32N4O3S2. The van der Waals surface area contributed by atoms with E-state index in [0.717, 1.165) is 57.1 Å². The summed E-state index contributed by atoms with van der Waals surface area (Å²) in [6.45, 7) is 3.95. The van der Waals surface area contributed by atoms with Gasteiger partial charge in [0.15, 0.2) is 4.34 Å². The number of hydrogen-bond donors (Lipinski definition) is 3. The van der Waals surface area contributed by atoms with Crippen molar-refractivity contribution in [1.82, 2.24) is 10.3 Å². The van der Waals surface area contributed by atoms with Crippen molar-refractivity contribution >= 4 is 62.4 Å². The second kappa shape index (κ2) is 12.7. The molecule has 0 saturated heterocycles. The summed E-state index contributed by atoms with van der Waals surface area (Å²) in [5.74, 6) is -0.382. The lowest BCUT2D eigenvalue weighted by Gasteiger charge is -2.23. The number of carbonyl (C=O) groups excluding carboxylic acids is 3.